The number of anilines is 1. The molecule has 1 aromatic carbocycles. The predicted octanol–water partition coefficient (Wildman–Crippen LogP) is 1.34. The first kappa shape index (κ1) is 12.6. The first-order valence-electron chi connectivity index (χ1n) is 4.27. The monoisotopic (exact) mass is 247 g/mol. The zero-order valence-corrected chi connectivity index (χ0v) is 9.43. The van der Waals surface area contributed by atoms with Crippen molar-refractivity contribution in [3.05, 3.63) is 23.5 Å². The number of hydrogen-bond acceptors (Lipinski definition) is 3. The van der Waals surface area contributed by atoms with E-state index in [1.807, 2.05) is 0 Å². The average Bonchev–Trinajstić information content (AvgIpc) is 2.06. The van der Waals surface area contributed by atoms with Crippen LogP contribution in [0, 0.1) is 12.7 Å². The number of hydrogen-bond donors (Lipinski definition) is 2. The van der Waals surface area contributed by atoms with Gasteiger partial charge in [0.15, 0.2) is 0 Å². The number of nitrogens with one attached hydrogen (secondary N) is 1. The van der Waals surface area contributed by atoms with Crippen LogP contribution in [0.3, 0.4) is 0 Å². The number of halogens is 1. The molecule has 0 aliphatic rings. The number of carbonyl (C=O) groups is 1. The maximum absolute atomic E-state index is 13.3. The van der Waals surface area contributed by atoms with E-state index in [1.54, 1.807) is 0 Å². The molecule has 0 bridgehead atoms. The third kappa shape index (κ3) is 2.77. The van der Waals surface area contributed by atoms with Gasteiger partial charge in [0.1, 0.15) is 5.82 Å². The maximum Gasteiger partial charge on any atom is 0.294 e. The second kappa shape index (κ2) is 4.18. The number of carbonyl (C=O) groups excluding carboxylic acids is 1. The van der Waals surface area contributed by atoms with Gasteiger partial charge in [-0.2, -0.15) is 8.42 Å². The van der Waals surface area contributed by atoms with Crippen molar-refractivity contribution in [2.45, 2.75) is 18.7 Å². The fourth-order valence-corrected chi connectivity index (χ4v) is 1.95. The molecule has 0 saturated heterocycles. The lowest BCUT2D eigenvalue weighted by molar-refractivity contribution is -0.114. The Balaban J connectivity index is 3.38. The van der Waals surface area contributed by atoms with Crippen molar-refractivity contribution in [3.8, 4) is 0 Å². The van der Waals surface area contributed by atoms with Crippen molar-refractivity contribution in [2.75, 3.05) is 5.32 Å². The van der Waals surface area contributed by atoms with Crippen LogP contribution in [0.4, 0.5) is 10.1 Å². The summed E-state index contributed by atoms with van der Waals surface area (Å²) in [5, 5.41) is 2.12. The van der Waals surface area contributed by atoms with Crippen molar-refractivity contribution < 1.29 is 22.2 Å². The molecule has 2 N–H and O–H groups in total. The van der Waals surface area contributed by atoms with Gasteiger partial charge in [-0.25, -0.2) is 4.39 Å². The Morgan fingerprint density at radius 2 is 2.00 bits per heavy atom. The molecule has 0 atom stereocenters. The Labute approximate surface area is 92.0 Å². The van der Waals surface area contributed by atoms with Gasteiger partial charge in [-0.05, 0) is 24.6 Å². The van der Waals surface area contributed by atoms with Gasteiger partial charge in [0.2, 0.25) is 5.91 Å². The minimum Gasteiger partial charge on any atom is -0.324 e. The van der Waals surface area contributed by atoms with Crippen LogP contribution < -0.4 is 5.32 Å². The lowest BCUT2D eigenvalue weighted by Crippen LogP contribution is -2.10. The van der Waals surface area contributed by atoms with E-state index in [0.717, 1.165) is 19.1 Å². The number of amides is 1. The molecule has 0 aliphatic heterocycles. The molecular formula is C9H10FNO4S. The van der Waals surface area contributed by atoms with E-state index >= 15 is 0 Å². The van der Waals surface area contributed by atoms with E-state index < -0.39 is 26.7 Å². The second-order valence-electron chi connectivity index (χ2n) is 3.25. The quantitative estimate of drug-likeness (QED) is 0.772. The first-order chi connectivity index (χ1) is 7.21. The highest BCUT2D eigenvalue weighted by Gasteiger charge is 2.17. The van der Waals surface area contributed by atoms with Gasteiger partial charge in [0.05, 0.1) is 10.6 Å². The second-order valence-corrected chi connectivity index (χ2v) is 4.64. The molecule has 0 radical (unpaired) electrons. The molecule has 1 amide bonds. The standard InChI is InChI=1S/C9H10FNO4S/c1-5-3-7(10)8(11-6(2)12)4-9(5)16(13,14)15/h3-4H,1-2H3,(H,11,12)(H,13,14,15). The molecule has 0 unspecified atom stereocenters. The van der Waals surface area contributed by atoms with Gasteiger partial charge in [0.25, 0.3) is 10.1 Å². The van der Waals surface area contributed by atoms with E-state index in [-0.39, 0.29) is 11.3 Å². The fourth-order valence-electron chi connectivity index (χ4n) is 1.22. The summed E-state index contributed by atoms with van der Waals surface area (Å²) in [4.78, 5) is 10.3. The highest BCUT2D eigenvalue weighted by atomic mass is 32.2. The minimum atomic E-state index is -4.43. The zero-order valence-electron chi connectivity index (χ0n) is 8.61. The minimum absolute atomic E-state index is 0.0640. The highest BCUT2D eigenvalue weighted by Crippen LogP contribution is 2.23. The van der Waals surface area contributed by atoms with Crippen molar-refractivity contribution in [1.82, 2.24) is 0 Å². The molecule has 5 nitrogen and oxygen atoms in total. The molecule has 0 aliphatic carbocycles. The van der Waals surface area contributed by atoms with Crippen LogP contribution in [-0.4, -0.2) is 18.9 Å². The smallest absolute Gasteiger partial charge is 0.294 e. The summed E-state index contributed by atoms with van der Waals surface area (Å²) in [7, 11) is -4.43. The van der Waals surface area contributed by atoms with Crippen LogP contribution in [0.2, 0.25) is 0 Å². The lowest BCUT2D eigenvalue weighted by atomic mass is 10.2. The lowest BCUT2D eigenvalue weighted by Gasteiger charge is -2.08. The summed E-state index contributed by atoms with van der Waals surface area (Å²) in [6, 6.07) is 1.80. The molecule has 0 saturated carbocycles. The van der Waals surface area contributed by atoms with Gasteiger partial charge in [0, 0.05) is 6.92 Å². The van der Waals surface area contributed by atoms with E-state index in [2.05, 4.69) is 5.32 Å². The number of aryl methyl sites for hydroxylation is 1. The molecule has 88 valence electrons. The molecule has 16 heavy (non-hydrogen) atoms. The SMILES string of the molecule is CC(=O)Nc1cc(S(=O)(=O)O)c(C)cc1F. The van der Waals surface area contributed by atoms with Gasteiger partial charge in [-0.1, -0.05) is 0 Å². The summed E-state index contributed by atoms with van der Waals surface area (Å²) in [5.41, 5.74) is -0.222. The number of benzene rings is 1. The van der Waals surface area contributed by atoms with Crippen LogP contribution in [0.1, 0.15) is 12.5 Å². The third-order valence-electron chi connectivity index (χ3n) is 1.85. The maximum atomic E-state index is 13.3. The normalized spacial score (nSPS) is 11.2. The summed E-state index contributed by atoms with van der Waals surface area (Å²) in [5.74, 6) is -1.30. The summed E-state index contributed by atoms with van der Waals surface area (Å²) >= 11 is 0. The molecule has 1 rings (SSSR count). The van der Waals surface area contributed by atoms with Gasteiger partial charge in [-0.3, -0.25) is 9.35 Å². The Morgan fingerprint density at radius 3 is 2.44 bits per heavy atom. The highest BCUT2D eigenvalue weighted by molar-refractivity contribution is 7.85. The Morgan fingerprint density at radius 1 is 1.44 bits per heavy atom. The topological polar surface area (TPSA) is 83.5 Å². The molecule has 0 spiro atoms. The summed E-state index contributed by atoms with van der Waals surface area (Å²) in [6.07, 6.45) is 0. The van der Waals surface area contributed by atoms with Crippen molar-refractivity contribution in [1.29, 1.82) is 0 Å². The van der Waals surface area contributed by atoms with E-state index in [1.165, 1.54) is 6.92 Å². The molecule has 0 heterocycles. The molecule has 7 heteroatoms. The molecular weight excluding hydrogens is 237 g/mol. The van der Waals surface area contributed by atoms with Gasteiger partial charge < -0.3 is 5.32 Å². The Bertz CT molecular complexity index is 539. The molecule has 0 fully saturated rings. The van der Waals surface area contributed by atoms with Crippen LogP contribution in [0.5, 0.6) is 0 Å². The summed E-state index contributed by atoms with van der Waals surface area (Å²) in [6.45, 7) is 2.50. The van der Waals surface area contributed by atoms with E-state index in [4.69, 9.17) is 4.55 Å². The summed E-state index contributed by atoms with van der Waals surface area (Å²) < 4.78 is 44.0. The van der Waals surface area contributed by atoms with Crippen LogP contribution in [-0.2, 0) is 14.9 Å². The van der Waals surface area contributed by atoms with E-state index in [9.17, 15) is 17.6 Å². The fraction of sp³-hybridized carbons (Fsp3) is 0.222. The van der Waals surface area contributed by atoms with Crippen molar-refractivity contribution in [3.63, 3.8) is 0 Å². The van der Waals surface area contributed by atoms with Crippen LogP contribution in [0.15, 0.2) is 17.0 Å². The van der Waals surface area contributed by atoms with Gasteiger partial charge in [-0.15, -0.1) is 0 Å². The largest absolute Gasteiger partial charge is 0.324 e. The number of rotatable bonds is 2. The predicted molar refractivity (Wildman–Crippen MR) is 55.3 cm³/mol. The Kier molecular flexibility index (Phi) is 3.30. The zero-order chi connectivity index (χ0) is 12.5. The molecule has 1 aromatic rings. The third-order valence-corrected chi connectivity index (χ3v) is 2.85. The van der Waals surface area contributed by atoms with Crippen molar-refractivity contribution >= 4 is 21.7 Å². The van der Waals surface area contributed by atoms with Crippen molar-refractivity contribution in [2.24, 2.45) is 0 Å². The van der Waals surface area contributed by atoms with Gasteiger partial charge >= 0.3 is 0 Å². The van der Waals surface area contributed by atoms with E-state index in [0.29, 0.717) is 0 Å². The van der Waals surface area contributed by atoms with Crippen LogP contribution >= 0.6 is 0 Å². The van der Waals surface area contributed by atoms with Crippen LogP contribution in [0.25, 0.3) is 0 Å². The average molecular weight is 247 g/mol. The first-order valence-corrected chi connectivity index (χ1v) is 5.71. The molecule has 0 aromatic heterocycles. The Hall–Kier alpha value is -1.47.